The summed E-state index contributed by atoms with van der Waals surface area (Å²) in [5.41, 5.74) is 1.08. The van der Waals surface area contributed by atoms with Crippen molar-refractivity contribution in [2.45, 2.75) is 12.1 Å². The number of hydrogen-bond acceptors (Lipinski definition) is 6. The van der Waals surface area contributed by atoms with Crippen LogP contribution in [0, 0.1) is 0 Å². The zero-order chi connectivity index (χ0) is 16.8. The summed E-state index contributed by atoms with van der Waals surface area (Å²) in [5, 5.41) is 9.15. The number of amides is 2. The minimum atomic E-state index is -1.26. The van der Waals surface area contributed by atoms with Crippen LogP contribution in [0.3, 0.4) is 0 Å². The van der Waals surface area contributed by atoms with Crippen LogP contribution in [0.4, 0.5) is 16.2 Å². The molecule has 1 aromatic rings. The second-order valence-electron chi connectivity index (χ2n) is 5.64. The molecule has 3 heterocycles. The van der Waals surface area contributed by atoms with E-state index in [0.29, 0.717) is 30.3 Å². The van der Waals surface area contributed by atoms with Crippen LogP contribution in [0.2, 0.25) is 0 Å². The van der Waals surface area contributed by atoms with Crippen molar-refractivity contribution in [2.24, 2.45) is 0 Å². The summed E-state index contributed by atoms with van der Waals surface area (Å²) in [4.78, 5) is 38.0. The highest BCUT2D eigenvalue weighted by Gasteiger charge is 2.50. The number of fused-ring (bicyclic) bond motifs is 3. The van der Waals surface area contributed by atoms with E-state index in [1.54, 1.807) is 23.1 Å². The van der Waals surface area contributed by atoms with Gasteiger partial charge in [-0.1, -0.05) is 0 Å². The van der Waals surface area contributed by atoms with Crippen molar-refractivity contribution in [3.63, 3.8) is 0 Å². The van der Waals surface area contributed by atoms with Crippen molar-refractivity contribution >= 4 is 29.3 Å². The summed E-state index contributed by atoms with van der Waals surface area (Å²) in [7, 11) is 0. The van der Waals surface area contributed by atoms with Gasteiger partial charge in [0.05, 0.1) is 12.3 Å². The van der Waals surface area contributed by atoms with E-state index in [2.05, 4.69) is 0 Å². The van der Waals surface area contributed by atoms with Crippen molar-refractivity contribution in [3.8, 4) is 5.75 Å². The lowest BCUT2D eigenvalue weighted by Crippen LogP contribution is -2.47. The minimum Gasteiger partial charge on any atom is -0.489 e. The molecule has 0 saturated carbocycles. The first-order chi connectivity index (χ1) is 11.6. The number of aliphatic carboxylic acids is 1. The largest absolute Gasteiger partial charge is 0.489 e. The fourth-order valence-corrected chi connectivity index (χ4v) is 3.12. The molecule has 0 bridgehead atoms. The molecule has 0 aromatic heterocycles. The van der Waals surface area contributed by atoms with Crippen molar-refractivity contribution in [1.82, 2.24) is 0 Å². The molecule has 2 amide bonds. The highest BCUT2D eigenvalue weighted by atomic mass is 16.6. The van der Waals surface area contributed by atoms with Crippen molar-refractivity contribution in [1.29, 1.82) is 0 Å². The summed E-state index contributed by atoms with van der Waals surface area (Å²) in [6.45, 7) is 0.923. The van der Waals surface area contributed by atoms with Crippen molar-refractivity contribution in [2.75, 3.05) is 36.2 Å². The number of ether oxygens (including phenoxy) is 3. The SMILES string of the molecule is O=C(O)[C@@H]1OC(=O)N2c3ccc(N4CCOCC4=O)cc3OC[C@@H]12. The number of anilines is 2. The van der Waals surface area contributed by atoms with Gasteiger partial charge in [-0.2, -0.15) is 0 Å². The molecule has 1 N–H and O–H groups in total. The Kier molecular flexibility index (Phi) is 3.31. The first-order valence-corrected chi connectivity index (χ1v) is 7.44. The molecule has 2 fully saturated rings. The molecular formula is C15H14N2O7. The summed E-state index contributed by atoms with van der Waals surface area (Å²) >= 11 is 0. The molecule has 126 valence electrons. The Balaban J connectivity index is 1.67. The minimum absolute atomic E-state index is 0.0101. The quantitative estimate of drug-likeness (QED) is 0.824. The molecule has 9 nitrogen and oxygen atoms in total. The van der Waals surface area contributed by atoms with Gasteiger partial charge < -0.3 is 24.2 Å². The second-order valence-corrected chi connectivity index (χ2v) is 5.64. The van der Waals surface area contributed by atoms with Gasteiger partial charge in [0.15, 0.2) is 0 Å². The summed E-state index contributed by atoms with van der Waals surface area (Å²) in [6.07, 6.45) is -1.97. The van der Waals surface area contributed by atoms with Gasteiger partial charge in [-0.3, -0.25) is 9.69 Å². The number of cyclic esters (lactones) is 1. The topological polar surface area (TPSA) is 106 Å². The van der Waals surface area contributed by atoms with Crippen molar-refractivity contribution in [3.05, 3.63) is 18.2 Å². The third-order valence-corrected chi connectivity index (χ3v) is 4.26. The maximum absolute atomic E-state index is 12.0. The van der Waals surface area contributed by atoms with E-state index in [4.69, 9.17) is 19.3 Å². The third kappa shape index (κ3) is 2.16. The molecule has 24 heavy (non-hydrogen) atoms. The number of rotatable bonds is 2. The highest BCUT2D eigenvalue weighted by molar-refractivity contribution is 5.99. The van der Waals surface area contributed by atoms with Gasteiger partial charge >= 0.3 is 12.1 Å². The third-order valence-electron chi connectivity index (χ3n) is 4.26. The summed E-state index contributed by atoms with van der Waals surface area (Å²) in [6, 6.07) is 4.27. The van der Waals surface area contributed by atoms with E-state index >= 15 is 0 Å². The Morgan fingerprint density at radius 2 is 2.12 bits per heavy atom. The average Bonchev–Trinajstić information content (AvgIpc) is 2.92. The fourth-order valence-electron chi connectivity index (χ4n) is 3.12. The van der Waals surface area contributed by atoms with Crippen LogP contribution < -0.4 is 14.5 Å². The number of carboxylic acid groups (broad SMARTS) is 1. The molecule has 0 unspecified atom stereocenters. The van der Waals surface area contributed by atoms with E-state index in [1.165, 1.54) is 4.90 Å². The van der Waals surface area contributed by atoms with Crippen LogP contribution in [0.25, 0.3) is 0 Å². The van der Waals surface area contributed by atoms with E-state index in [-0.39, 0.29) is 19.1 Å². The van der Waals surface area contributed by atoms with Gasteiger partial charge in [0, 0.05) is 18.3 Å². The second kappa shape index (κ2) is 5.38. The maximum Gasteiger partial charge on any atom is 0.415 e. The molecule has 3 aliphatic rings. The van der Waals surface area contributed by atoms with Crippen LogP contribution in [-0.4, -0.2) is 61.6 Å². The van der Waals surface area contributed by atoms with Crippen LogP contribution in [0.15, 0.2) is 18.2 Å². The number of carbonyl (C=O) groups is 3. The average molecular weight is 334 g/mol. The molecular weight excluding hydrogens is 320 g/mol. The molecule has 0 aliphatic carbocycles. The Labute approximate surface area is 136 Å². The van der Waals surface area contributed by atoms with Gasteiger partial charge in [-0.15, -0.1) is 0 Å². The first-order valence-electron chi connectivity index (χ1n) is 7.44. The lowest BCUT2D eigenvalue weighted by Gasteiger charge is -2.32. The number of hydrogen-bond donors (Lipinski definition) is 1. The predicted molar refractivity (Wildman–Crippen MR) is 79.3 cm³/mol. The molecule has 4 rings (SSSR count). The molecule has 9 heteroatoms. The highest BCUT2D eigenvalue weighted by Crippen LogP contribution is 2.41. The van der Waals surface area contributed by atoms with Crippen LogP contribution >= 0.6 is 0 Å². The van der Waals surface area contributed by atoms with E-state index in [9.17, 15) is 14.4 Å². The van der Waals surface area contributed by atoms with E-state index in [1.807, 2.05) is 0 Å². The molecule has 1 aromatic carbocycles. The Bertz CT molecular complexity index is 735. The van der Waals surface area contributed by atoms with Crippen molar-refractivity contribution < 1.29 is 33.7 Å². The normalized spacial score (nSPS) is 25.7. The predicted octanol–water partition coefficient (Wildman–Crippen LogP) is 0.221. The van der Waals surface area contributed by atoms with Crippen LogP contribution in [0.5, 0.6) is 5.75 Å². The number of carboxylic acids is 1. The smallest absolute Gasteiger partial charge is 0.415 e. The van der Waals surface area contributed by atoms with Gasteiger partial charge in [0.1, 0.15) is 25.0 Å². The van der Waals surface area contributed by atoms with Crippen LogP contribution in [-0.2, 0) is 19.1 Å². The fraction of sp³-hybridized carbons (Fsp3) is 0.400. The number of morpholine rings is 1. The molecule has 3 aliphatic heterocycles. The van der Waals surface area contributed by atoms with Gasteiger partial charge in [-0.25, -0.2) is 9.59 Å². The van der Waals surface area contributed by atoms with Gasteiger partial charge in [0.25, 0.3) is 5.91 Å². The number of nitrogens with zero attached hydrogens (tertiary/aromatic N) is 2. The standard InChI is InChI=1S/C15H14N2O7/c18-12-7-22-4-3-16(12)8-1-2-9-11(5-8)23-6-10-13(14(19)20)24-15(21)17(9)10/h1-2,5,10,13H,3-4,6-7H2,(H,19,20)/t10-,13+/m0/s1. The monoisotopic (exact) mass is 334 g/mol. The number of benzene rings is 1. The lowest BCUT2D eigenvalue weighted by molar-refractivity contribution is -0.146. The first kappa shape index (κ1) is 14.8. The lowest BCUT2D eigenvalue weighted by atomic mass is 10.1. The Hall–Kier alpha value is -2.81. The van der Waals surface area contributed by atoms with E-state index in [0.717, 1.165) is 0 Å². The summed E-state index contributed by atoms with van der Waals surface area (Å²) < 4.78 is 15.6. The zero-order valence-electron chi connectivity index (χ0n) is 12.5. The Morgan fingerprint density at radius 3 is 2.88 bits per heavy atom. The summed E-state index contributed by atoms with van der Waals surface area (Å²) in [5.74, 6) is -0.953. The van der Waals surface area contributed by atoms with Gasteiger partial charge in [-0.05, 0) is 12.1 Å². The molecule has 0 spiro atoms. The molecule has 2 saturated heterocycles. The maximum atomic E-state index is 12.0. The van der Waals surface area contributed by atoms with Crippen LogP contribution in [0.1, 0.15) is 0 Å². The Morgan fingerprint density at radius 1 is 1.29 bits per heavy atom. The van der Waals surface area contributed by atoms with E-state index < -0.39 is 24.2 Å². The zero-order valence-corrected chi connectivity index (χ0v) is 12.5. The molecule has 2 atom stereocenters. The molecule has 0 radical (unpaired) electrons. The number of carbonyl (C=O) groups excluding carboxylic acids is 2. The van der Waals surface area contributed by atoms with Gasteiger partial charge in [0.2, 0.25) is 6.10 Å².